The molecule has 1 unspecified atom stereocenters. The molecule has 342 valence electrons. The van der Waals surface area contributed by atoms with Gasteiger partial charge in [0, 0.05) is 57.3 Å². The third-order valence-corrected chi connectivity index (χ3v) is 12.6. The van der Waals surface area contributed by atoms with Crippen molar-refractivity contribution in [3.8, 4) is 5.75 Å². The van der Waals surface area contributed by atoms with Crippen LogP contribution in [0.25, 0.3) is 6.08 Å². The van der Waals surface area contributed by atoms with Gasteiger partial charge in [-0.3, -0.25) is 14.4 Å². The highest BCUT2D eigenvalue weighted by Crippen LogP contribution is 2.36. The molecule has 0 bridgehead atoms. The van der Waals surface area contributed by atoms with Crippen molar-refractivity contribution in [1.82, 2.24) is 30.5 Å². The number of rotatable bonds is 16. The molecule has 3 amide bonds. The van der Waals surface area contributed by atoms with Crippen LogP contribution < -0.4 is 10.6 Å². The Kier molecular flexibility index (Phi) is 15.8. The van der Waals surface area contributed by atoms with Gasteiger partial charge in [0.15, 0.2) is 5.60 Å². The number of carbonyl (C=O) groups excluding carboxylic acids is 3. The highest BCUT2D eigenvalue weighted by molar-refractivity contribution is 5.95. The molecule has 1 aromatic heterocycles. The molecule has 17 heteroatoms. The average Bonchev–Trinajstić information content (AvgIpc) is 3.74. The highest BCUT2D eigenvalue weighted by Gasteiger charge is 2.54. The summed E-state index contributed by atoms with van der Waals surface area (Å²) in [5.74, 6) is -2.57. The fourth-order valence-corrected chi connectivity index (χ4v) is 8.91. The number of nitrogens with one attached hydrogen (secondary N) is 2. The Hall–Kier alpha value is -5.20. The van der Waals surface area contributed by atoms with Crippen LogP contribution in [0.4, 0.5) is 0 Å². The molecular weight excluding hydrogens is 813 g/mol. The summed E-state index contributed by atoms with van der Waals surface area (Å²) in [5, 5.41) is 69.1. The van der Waals surface area contributed by atoms with Crippen molar-refractivity contribution in [1.29, 1.82) is 0 Å². The number of aromatic hydroxyl groups is 1. The van der Waals surface area contributed by atoms with E-state index in [4.69, 9.17) is 9.47 Å². The van der Waals surface area contributed by atoms with Crippen LogP contribution in [-0.2, 0) is 36.9 Å². The second kappa shape index (κ2) is 21.0. The first kappa shape index (κ1) is 47.3. The molecule has 2 saturated heterocycles. The maximum atomic E-state index is 13.5. The molecule has 3 fully saturated rings. The van der Waals surface area contributed by atoms with E-state index in [1.807, 2.05) is 25.1 Å². The topological polar surface area (TPSA) is 246 Å². The van der Waals surface area contributed by atoms with E-state index in [0.717, 1.165) is 67.3 Å². The quantitative estimate of drug-likeness (QED) is 0.110. The molecule has 3 aromatic rings. The lowest BCUT2D eigenvalue weighted by Crippen LogP contribution is -2.67. The van der Waals surface area contributed by atoms with Gasteiger partial charge in [-0.05, 0) is 92.5 Å². The number of aliphatic hydroxyl groups excluding tert-OH is 3. The minimum Gasteiger partial charge on any atom is -0.507 e. The number of aliphatic hydroxyl groups is 3. The summed E-state index contributed by atoms with van der Waals surface area (Å²) in [4.78, 5) is 54.5. The van der Waals surface area contributed by atoms with Gasteiger partial charge in [-0.1, -0.05) is 48.8 Å². The molecule has 0 radical (unpaired) electrons. The van der Waals surface area contributed by atoms with E-state index < -0.39 is 66.8 Å². The number of phenolic OH excluding ortho intramolecular Hbond substituents is 1. The average molecular weight is 875 g/mol. The number of hydrogen-bond acceptors (Lipinski definition) is 12. The minimum absolute atomic E-state index is 0.00667. The molecule has 2 aromatic carbocycles. The van der Waals surface area contributed by atoms with E-state index in [9.17, 15) is 44.7 Å². The first-order valence-corrected chi connectivity index (χ1v) is 21.9. The zero-order chi connectivity index (χ0) is 45.4. The monoisotopic (exact) mass is 874 g/mol. The van der Waals surface area contributed by atoms with Crippen LogP contribution in [0.5, 0.6) is 5.75 Å². The lowest BCUT2D eigenvalue weighted by Gasteiger charge is -2.47. The minimum atomic E-state index is -2.12. The van der Waals surface area contributed by atoms with Crippen LogP contribution in [-0.4, -0.2) is 132 Å². The van der Waals surface area contributed by atoms with Gasteiger partial charge >= 0.3 is 5.97 Å². The summed E-state index contributed by atoms with van der Waals surface area (Å²) in [6, 6.07) is 7.29. The third kappa shape index (κ3) is 11.7. The van der Waals surface area contributed by atoms with Crippen molar-refractivity contribution in [3.63, 3.8) is 0 Å². The molecule has 63 heavy (non-hydrogen) atoms. The number of aryl methyl sites for hydroxylation is 3. The molecule has 3 aliphatic rings. The van der Waals surface area contributed by atoms with Gasteiger partial charge in [-0.15, -0.1) is 5.10 Å². The molecule has 7 N–H and O–H groups in total. The van der Waals surface area contributed by atoms with E-state index in [1.54, 1.807) is 44.1 Å². The molecular formula is C46H62N6O11. The summed E-state index contributed by atoms with van der Waals surface area (Å²) >= 11 is 0. The normalized spacial score (nSPS) is 24.1. The summed E-state index contributed by atoms with van der Waals surface area (Å²) in [7, 11) is 1.75. The number of aromatic nitrogens is 3. The van der Waals surface area contributed by atoms with Crippen molar-refractivity contribution < 1.29 is 54.2 Å². The number of amides is 3. The van der Waals surface area contributed by atoms with Crippen LogP contribution in [0, 0.1) is 26.7 Å². The highest BCUT2D eigenvalue weighted by atomic mass is 16.6. The zero-order valence-electron chi connectivity index (χ0n) is 36.5. The number of phenols is 1. The fraction of sp³-hybridized carbons (Fsp3) is 0.565. The van der Waals surface area contributed by atoms with Crippen LogP contribution in [0.1, 0.15) is 108 Å². The molecule has 3 heterocycles. The molecule has 7 atom stereocenters. The standard InChI is InChI=1S/C46H62N6O11/c1-27-14-15-30(23-51(4)44(59)33-13-9-17-62-26-33)20-32(27)12-8-16-46(45(60)61)21-36(53)39(48-38(55)25-52-24-35(49-50-52)31-10-6-5-7-11-31)42(63-46)41(57)37(54)22-47-43(58)34-18-28(2)40(56)29(3)19-34/h8,12,14-15,18-20,24,31,33,36-37,39,41-42,53-54,56-57H,5-7,9-11,13,16-17,21-23,25-26H2,1-4H3,(H,47,58)(H,48,55)(H,60,61)/b12-8+/t33?,36-,37+,39+,41+,42+,46+/m0/s1. The van der Waals surface area contributed by atoms with Gasteiger partial charge in [0.05, 0.1) is 36.5 Å². The van der Waals surface area contributed by atoms with Crippen LogP contribution >= 0.6 is 0 Å². The predicted molar refractivity (Wildman–Crippen MR) is 230 cm³/mol. The van der Waals surface area contributed by atoms with Crippen LogP contribution in [0.3, 0.4) is 0 Å². The Morgan fingerprint density at radius 2 is 1.75 bits per heavy atom. The number of aliphatic carboxylic acids is 1. The SMILES string of the molecule is Cc1ccc(CN(C)C(=O)C2CCCOC2)cc1/C=C/C[C@]1(C(=O)O)C[C@H](O)[C@@H](NC(=O)Cn2cc(C3CCCCC3)nn2)[C@H]([C@H](O)[C@H](O)CNC(=O)c2cc(C)c(O)c(C)c2)O1. The number of benzene rings is 2. The molecule has 2 aliphatic heterocycles. The van der Waals surface area contributed by atoms with Gasteiger partial charge in [0.2, 0.25) is 11.8 Å². The Balaban J connectivity index is 1.19. The third-order valence-electron chi connectivity index (χ3n) is 12.6. The summed E-state index contributed by atoms with van der Waals surface area (Å²) in [6.07, 6.45) is 4.28. The van der Waals surface area contributed by atoms with Gasteiger partial charge in [-0.2, -0.15) is 0 Å². The lowest BCUT2D eigenvalue weighted by molar-refractivity contribution is -0.226. The molecule has 17 nitrogen and oxygen atoms in total. The van der Waals surface area contributed by atoms with Crippen molar-refractivity contribution >= 4 is 29.8 Å². The summed E-state index contributed by atoms with van der Waals surface area (Å²) < 4.78 is 13.1. The van der Waals surface area contributed by atoms with Gasteiger partial charge in [-0.25, -0.2) is 9.48 Å². The van der Waals surface area contributed by atoms with E-state index in [-0.39, 0.29) is 42.0 Å². The van der Waals surface area contributed by atoms with Crippen molar-refractivity contribution in [3.05, 3.63) is 81.7 Å². The summed E-state index contributed by atoms with van der Waals surface area (Å²) in [5.41, 5.74) is 2.31. The maximum absolute atomic E-state index is 13.5. The van der Waals surface area contributed by atoms with Gasteiger partial charge < -0.3 is 50.5 Å². The van der Waals surface area contributed by atoms with Crippen molar-refractivity contribution in [2.75, 3.05) is 26.8 Å². The second-order valence-electron chi connectivity index (χ2n) is 17.6. The molecule has 6 rings (SSSR count). The number of carboxylic acid groups (broad SMARTS) is 1. The number of carbonyl (C=O) groups is 4. The summed E-state index contributed by atoms with van der Waals surface area (Å²) in [6.45, 7) is 5.77. The first-order chi connectivity index (χ1) is 30.0. The number of carboxylic acids is 1. The largest absolute Gasteiger partial charge is 0.507 e. The van der Waals surface area contributed by atoms with Crippen molar-refractivity contribution in [2.24, 2.45) is 5.92 Å². The molecule has 1 aliphatic carbocycles. The Morgan fingerprint density at radius 1 is 1.02 bits per heavy atom. The van der Waals surface area contributed by atoms with Crippen LogP contribution in [0.15, 0.2) is 42.6 Å². The Morgan fingerprint density at radius 3 is 2.43 bits per heavy atom. The Bertz CT molecular complexity index is 2110. The number of hydrogen-bond donors (Lipinski definition) is 7. The smallest absolute Gasteiger partial charge is 0.336 e. The first-order valence-electron chi connectivity index (χ1n) is 21.9. The maximum Gasteiger partial charge on any atom is 0.336 e. The number of nitrogens with zero attached hydrogens (tertiary/aromatic N) is 4. The lowest BCUT2D eigenvalue weighted by atomic mass is 9.81. The van der Waals surface area contributed by atoms with E-state index in [1.165, 1.54) is 16.8 Å². The number of ether oxygens (including phenoxy) is 2. The van der Waals surface area contributed by atoms with E-state index in [2.05, 4.69) is 20.9 Å². The van der Waals surface area contributed by atoms with Gasteiger partial charge in [0.25, 0.3) is 5.91 Å². The molecule has 1 saturated carbocycles. The Labute approximate surface area is 367 Å². The zero-order valence-corrected chi connectivity index (χ0v) is 36.5. The fourth-order valence-electron chi connectivity index (χ4n) is 8.91. The second-order valence-corrected chi connectivity index (χ2v) is 17.6. The predicted octanol–water partition coefficient (Wildman–Crippen LogP) is 3.05. The van der Waals surface area contributed by atoms with Crippen molar-refractivity contribution in [2.45, 2.75) is 134 Å². The molecule has 0 spiro atoms. The van der Waals surface area contributed by atoms with Gasteiger partial charge in [0.1, 0.15) is 24.5 Å². The van der Waals surface area contributed by atoms with Crippen LogP contribution in [0.2, 0.25) is 0 Å². The van der Waals surface area contributed by atoms with E-state index in [0.29, 0.717) is 30.9 Å². The van der Waals surface area contributed by atoms with E-state index >= 15 is 0 Å².